The van der Waals surface area contributed by atoms with Crippen LogP contribution in [0.5, 0.6) is 0 Å². The molecular formula is C13H17N3O2. The van der Waals surface area contributed by atoms with Gasteiger partial charge in [-0.25, -0.2) is 4.79 Å². The van der Waals surface area contributed by atoms with Gasteiger partial charge < -0.3 is 10.4 Å². The summed E-state index contributed by atoms with van der Waals surface area (Å²) in [4.78, 5) is 19.7. The fourth-order valence-electron chi connectivity index (χ4n) is 1.82. The average molecular weight is 247 g/mol. The smallest absolute Gasteiger partial charge is 0.338 e. The lowest BCUT2D eigenvalue weighted by atomic mass is 9.89. The molecule has 2 N–H and O–H groups in total. The number of nitrogens with one attached hydrogen (secondary N) is 1. The maximum atomic E-state index is 11.2. The molecule has 0 saturated heterocycles. The molecule has 1 unspecified atom stereocenters. The third-order valence-corrected chi connectivity index (χ3v) is 3.51. The van der Waals surface area contributed by atoms with Crippen molar-refractivity contribution in [1.82, 2.24) is 10.3 Å². The molecule has 1 aliphatic rings. The van der Waals surface area contributed by atoms with Crippen molar-refractivity contribution in [3.63, 3.8) is 0 Å². The zero-order chi connectivity index (χ0) is 13.3. The minimum Gasteiger partial charge on any atom is -0.478 e. The Morgan fingerprint density at radius 1 is 1.56 bits per heavy atom. The first-order valence-corrected chi connectivity index (χ1v) is 5.95. The van der Waals surface area contributed by atoms with E-state index in [9.17, 15) is 4.79 Å². The van der Waals surface area contributed by atoms with E-state index in [2.05, 4.69) is 36.1 Å². The van der Waals surface area contributed by atoms with Crippen LogP contribution in [0.3, 0.4) is 0 Å². The molecule has 0 aliphatic carbocycles. The largest absolute Gasteiger partial charge is 0.478 e. The topological polar surface area (TPSA) is 74.6 Å². The van der Waals surface area contributed by atoms with Gasteiger partial charge >= 0.3 is 5.97 Å². The summed E-state index contributed by atoms with van der Waals surface area (Å²) in [7, 11) is 0. The predicted octanol–water partition coefficient (Wildman–Crippen LogP) is 1.54. The summed E-state index contributed by atoms with van der Waals surface area (Å²) in [5.74, 6) is -0.0132. The highest BCUT2D eigenvalue weighted by Crippen LogP contribution is 2.23. The average Bonchev–Trinajstić information content (AvgIpc) is 2.73. The standard InChI is InChI=1S/C13H17N3O2/c1-8(2)13(3)7-15-11(16-13)10-9(12(17)18)5-4-6-14-10/h4-6,8H,7H2,1-3H3,(H,15,16)(H,17,18). The summed E-state index contributed by atoms with van der Waals surface area (Å²) in [5, 5.41) is 12.4. The number of rotatable bonds is 3. The highest BCUT2D eigenvalue weighted by molar-refractivity contribution is 6.06. The number of carbonyl (C=O) groups is 1. The quantitative estimate of drug-likeness (QED) is 0.849. The van der Waals surface area contributed by atoms with E-state index in [0.29, 0.717) is 24.0 Å². The van der Waals surface area contributed by atoms with Crippen LogP contribution in [-0.4, -0.2) is 34.0 Å². The van der Waals surface area contributed by atoms with E-state index in [-0.39, 0.29) is 11.1 Å². The first-order valence-electron chi connectivity index (χ1n) is 5.95. The molecule has 1 aromatic heterocycles. The highest BCUT2D eigenvalue weighted by Gasteiger charge is 2.35. The zero-order valence-electron chi connectivity index (χ0n) is 10.8. The maximum absolute atomic E-state index is 11.2. The van der Waals surface area contributed by atoms with Crippen molar-refractivity contribution in [3.05, 3.63) is 29.6 Å². The van der Waals surface area contributed by atoms with Crippen molar-refractivity contribution in [2.24, 2.45) is 10.9 Å². The number of aromatic nitrogens is 1. The van der Waals surface area contributed by atoms with Crippen LogP contribution in [0.4, 0.5) is 0 Å². The molecule has 0 amide bonds. The van der Waals surface area contributed by atoms with Crippen molar-refractivity contribution < 1.29 is 9.90 Å². The third kappa shape index (κ3) is 2.08. The van der Waals surface area contributed by atoms with E-state index >= 15 is 0 Å². The Labute approximate surface area is 106 Å². The number of amidine groups is 1. The van der Waals surface area contributed by atoms with Gasteiger partial charge in [-0.2, -0.15) is 0 Å². The van der Waals surface area contributed by atoms with E-state index in [4.69, 9.17) is 5.11 Å². The van der Waals surface area contributed by atoms with E-state index in [1.807, 2.05) is 0 Å². The van der Waals surface area contributed by atoms with Gasteiger partial charge in [-0.3, -0.25) is 9.98 Å². The summed E-state index contributed by atoms with van der Waals surface area (Å²) in [5.41, 5.74) is 0.453. The third-order valence-electron chi connectivity index (χ3n) is 3.51. The molecule has 0 radical (unpaired) electrons. The Balaban J connectivity index is 2.33. The fraction of sp³-hybridized carbons (Fsp3) is 0.462. The molecular weight excluding hydrogens is 230 g/mol. The number of carboxylic acid groups (broad SMARTS) is 1. The maximum Gasteiger partial charge on any atom is 0.338 e. The van der Waals surface area contributed by atoms with Crippen LogP contribution in [0.15, 0.2) is 23.3 Å². The molecule has 0 spiro atoms. The summed E-state index contributed by atoms with van der Waals surface area (Å²) in [6.07, 6.45) is 1.58. The molecule has 2 rings (SSSR count). The number of hydrogen-bond acceptors (Lipinski definition) is 4. The summed E-state index contributed by atoms with van der Waals surface area (Å²) in [6, 6.07) is 3.16. The van der Waals surface area contributed by atoms with Crippen LogP contribution in [0.25, 0.3) is 0 Å². The summed E-state index contributed by atoms with van der Waals surface area (Å²) in [6.45, 7) is 6.94. The number of aromatic carboxylic acids is 1. The van der Waals surface area contributed by atoms with Gasteiger partial charge in [0.2, 0.25) is 0 Å². The van der Waals surface area contributed by atoms with E-state index in [1.165, 1.54) is 0 Å². The molecule has 0 fully saturated rings. The van der Waals surface area contributed by atoms with Crippen molar-refractivity contribution in [3.8, 4) is 0 Å². The molecule has 5 heteroatoms. The Bertz CT molecular complexity index is 511. The molecule has 18 heavy (non-hydrogen) atoms. The van der Waals surface area contributed by atoms with E-state index in [1.54, 1.807) is 18.3 Å². The molecule has 0 saturated carbocycles. The molecule has 0 aromatic carbocycles. The molecule has 1 aromatic rings. The van der Waals surface area contributed by atoms with Crippen LogP contribution in [0.2, 0.25) is 0 Å². The van der Waals surface area contributed by atoms with Crippen molar-refractivity contribution in [2.45, 2.75) is 26.3 Å². The summed E-state index contributed by atoms with van der Waals surface area (Å²) < 4.78 is 0. The monoisotopic (exact) mass is 247 g/mol. The van der Waals surface area contributed by atoms with Gasteiger partial charge in [0.05, 0.1) is 17.6 Å². The second-order valence-corrected chi connectivity index (χ2v) is 5.07. The number of carboxylic acids is 1. The molecule has 0 bridgehead atoms. The van der Waals surface area contributed by atoms with E-state index in [0.717, 1.165) is 0 Å². The predicted molar refractivity (Wildman–Crippen MR) is 69.0 cm³/mol. The van der Waals surface area contributed by atoms with Crippen LogP contribution < -0.4 is 5.32 Å². The normalized spacial score (nSPS) is 22.8. The molecule has 96 valence electrons. The second kappa shape index (κ2) is 4.40. The minimum absolute atomic E-state index is 0.136. The Morgan fingerprint density at radius 3 is 2.83 bits per heavy atom. The first kappa shape index (κ1) is 12.5. The molecule has 1 atom stereocenters. The first-order chi connectivity index (χ1) is 8.44. The van der Waals surface area contributed by atoms with Gasteiger partial charge in [0, 0.05) is 6.20 Å². The van der Waals surface area contributed by atoms with Crippen LogP contribution in [0.1, 0.15) is 36.8 Å². The zero-order valence-corrected chi connectivity index (χ0v) is 10.8. The molecule has 5 nitrogen and oxygen atoms in total. The van der Waals surface area contributed by atoms with Crippen LogP contribution in [0, 0.1) is 5.92 Å². The number of pyridine rings is 1. The van der Waals surface area contributed by atoms with E-state index < -0.39 is 5.97 Å². The van der Waals surface area contributed by atoms with Gasteiger partial charge in [0.1, 0.15) is 11.5 Å². The van der Waals surface area contributed by atoms with Crippen LogP contribution in [-0.2, 0) is 0 Å². The number of aliphatic imine (C=N–C) groups is 1. The Hall–Kier alpha value is -1.91. The lowest BCUT2D eigenvalue weighted by Crippen LogP contribution is -2.47. The highest BCUT2D eigenvalue weighted by atomic mass is 16.4. The number of nitrogens with zero attached hydrogens (tertiary/aromatic N) is 2. The van der Waals surface area contributed by atoms with Crippen molar-refractivity contribution >= 4 is 11.8 Å². The van der Waals surface area contributed by atoms with Gasteiger partial charge in [0.15, 0.2) is 0 Å². The van der Waals surface area contributed by atoms with Gasteiger partial charge in [0.25, 0.3) is 0 Å². The lowest BCUT2D eigenvalue weighted by Gasteiger charge is -2.29. The lowest BCUT2D eigenvalue weighted by molar-refractivity contribution is 0.0696. The van der Waals surface area contributed by atoms with Gasteiger partial charge in [-0.15, -0.1) is 0 Å². The minimum atomic E-state index is -0.985. The van der Waals surface area contributed by atoms with Crippen molar-refractivity contribution in [1.29, 1.82) is 0 Å². The van der Waals surface area contributed by atoms with Gasteiger partial charge in [-0.1, -0.05) is 13.8 Å². The van der Waals surface area contributed by atoms with Gasteiger partial charge in [-0.05, 0) is 25.0 Å². The fourth-order valence-corrected chi connectivity index (χ4v) is 1.82. The number of hydrogen-bond donors (Lipinski definition) is 2. The SMILES string of the molecule is CC(C)C1(C)CN=C(c2ncccc2C(=O)O)N1. The Morgan fingerprint density at radius 2 is 2.28 bits per heavy atom. The molecule has 1 aliphatic heterocycles. The summed E-state index contributed by atoms with van der Waals surface area (Å²) >= 11 is 0. The van der Waals surface area contributed by atoms with Crippen LogP contribution >= 0.6 is 0 Å². The van der Waals surface area contributed by atoms with Crippen molar-refractivity contribution in [2.75, 3.05) is 6.54 Å². The Kier molecular flexibility index (Phi) is 3.07. The second-order valence-electron chi connectivity index (χ2n) is 5.07. The molecule has 2 heterocycles.